The van der Waals surface area contributed by atoms with Crippen LogP contribution in [0.15, 0.2) is 46.0 Å². The molecule has 1 aromatic carbocycles. The lowest BCUT2D eigenvalue weighted by atomic mass is 9.64. The van der Waals surface area contributed by atoms with E-state index in [-0.39, 0.29) is 34.8 Å². The van der Waals surface area contributed by atoms with Crippen LogP contribution in [0.3, 0.4) is 0 Å². The van der Waals surface area contributed by atoms with E-state index >= 15 is 0 Å². The Morgan fingerprint density at radius 3 is 2.75 bits per heavy atom. The van der Waals surface area contributed by atoms with Crippen molar-refractivity contribution in [3.05, 3.63) is 62.5 Å². The number of fused-ring (bicyclic) bond motifs is 2. The number of aliphatic carboxylic acids is 1. The summed E-state index contributed by atoms with van der Waals surface area (Å²) in [6.45, 7) is 4.45. The molecule has 2 atom stereocenters. The van der Waals surface area contributed by atoms with E-state index in [1.54, 1.807) is 13.1 Å². The number of nitrogens with zero attached hydrogens (tertiary/aromatic N) is 5. The van der Waals surface area contributed by atoms with Crippen molar-refractivity contribution in [1.29, 1.82) is 0 Å². The molecular formula is C30H32ClFN6O5S. The molecule has 3 saturated carbocycles. The van der Waals surface area contributed by atoms with E-state index in [2.05, 4.69) is 15.2 Å². The summed E-state index contributed by atoms with van der Waals surface area (Å²) in [6.07, 6.45) is 4.06. The van der Waals surface area contributed by atoms with Crippen LogP contribution < -0.4 is 5.32 Å². The number of hydrogen-bond acceptors (Lipinski definition) is 9. The number of amides is 2. The van der Waals surface area contributed by atoms with Gasteiger partial charge in [-0.25, -0.2) is 19.0 Å². The van der Waals surface area contributed by atoms with Crippen LogP contribution in [0.25, 0.3) is 0 Å². The summed E-state index contributed by atoms with van der Waals surface area (Å²) in [5.41, 5.74) is 0.307. The number of rotatable bonds is 8. The van der Waals surface area contributed by atoms with Crippen LogP contribution >= 0.6 is 22.9 Å². The van der Waals surface area contributed by atoms with Crippen molar-refractivity contribution in [3.8, 4) is 0 Å². The zero-order chi connectivity index (χ0) is 30.8. The highest BCUT2D eigenvalue weighted by atomic mass is 35.5. The highest BCUT2D eigenvalue weighted by Crippen LogP contribution is 2.64. The van der Waals surface area contributed by atoms with Crippen LogP contribution in [-0.4, -0.2) is 99.5 Å². The fourth-order valence-electron chi connectivity index (χ4n) is 7.72. The Kier molecular flexibility index (Phi) is 7.17. The maximum Gasteiger partial charge on any atom is 0.338 e. The topological polar surface area (TPSA) is 128 Å². The minimum absolute atomic E-state index is 0.0121. The van der Waals surface area contributed by atoms with Crippen molar-refractivity contribution in [2.24, 2.45) is 10.4 Å². The predicted molar refractivity (Wildman–Crippen MR) is 160 cm³/mol. The van der Waals surface area contributed by atoms with Gasteiger partial charge >= 0.3 is 18.0 Å². The van der Waals surface area contributed by atoms with E-state index in [9.17, 15) is 23.9 Å². The van der Waals surface area contributed by atoms with Gasteiger partial charge in [0.2, 0.25) is 0 Å². The van der Waals surface area contributed by atoms with Gasteiger partial charge in [0.15, 0.2) is 10.8 Å². The van der Waals surface area contributed by atoms with Crippen molar-refractivity contribution in [2.45, 2.75) is 50.2 Å². The second-order valence-corrected chi connectivity index (χ2v) is 13.6. The van der Waals surface area contributed by atoms with Crippen LogP contribution in [0.2, 0.25) is 5.02 Å². The number of ether oxygens (including phenoxy) is 1. The first-order valence-corrected chi connectivity index (χ1v) is 16.0. The zero-order valence-corrected chi connectivity index (χ0v) is 25.7. The summed E-state index contributed by atoms with van der Waals surface area (Å²) in [6, 6.07) is 3.11. The number of carboxylic acid groups (broad SMARTS) is 1. The summed E-state index contributed by atoms with van der Waals surface area (Å²) in [5.74, 6) is -1.32. The molecule has 14 heteroatoms. The number of benzene rings is 1. The molecule has 3 aliphatic heterocycles. The number of aliphatic imine (C=N–C) groups is 1. The van der Waals surface area contributed by atoms with Gasteiger partial charge in [-0.2, -0.15) is 0 Å². The SMILES string of the molecule is CCOC(=O)C1=C(CN2CCN3C(=O)N(C45CCC(C(=O)O)(C4)C5)C[C@@H]3C2)NC(c2nccs2)=N[C@H]1c1ccc(F)cc1Cl. The van der Waals surface area contributed by atoms with Gasteiger partial charge in [0.25, 0.3) is 0 Å². The number of carbonyl (C=O) groups is 3. The zero-order valence-electron chi connectivity index (χ0n) is 24.1. The van der Waals surface area contributed by atoms with Gasteiger partial charge in [0.1, 0.15) is 11.9 Å². The molecule has 44 heavy (non-hydrogen) atoms. The van der Waals surface area contributed by atoms with Crippen LogP contribution in [0, 0.1) is 11.2 Å². The van der Waals surface area contributed by atoms with Gasteiger partial charge in [-0.15, -0.1) is 11.3 Å². The molecule has 2 bridgehead atoms. The number of hydrogen-bond donors (Lipinski definition) is 2. The number of urea groups is 1. The summed E-state index contributed by atoms with van der Waals surface area (Å²) in [5, 5.41) is 15.7. The minimum atomic E-state index is -0.850. The molecule has 2 saturated heterocycles. The van der Waals surface area contributed by atoms with E-state index in [4.69, 9.17) is 21.3 Å². The van der Waals surface area contributed by atoms with Crippen molar-refractivity contribution in [2.75, 3.05) is 39.3 Å². The Labute approximate surface area is 262 Å². The maximum atomic E-state index is 14.0. The average molecular weight is 643 g/mol. The number of thiazole rings is 1. The number of carbonyl (C=O) groups excluding carboxylic acids is 2. The Balaban J connectivity index is 1.17. The Hall–Kier alpha value is -3.55. The Bertz CT molecular complexity index is 1590. The van der Waals surface area contributed by atoms with Crippen LogP contribution in [0.1, 0.15) is 49.2 Å². The highest BCUT2D eigenvalue weighted by molar-refractivity contribution is 7.11. The average Bonchev–Trinajstić information content (AvgIpc) is 3.76. The normalized spacial score (nSPS) is 29.7. The number of halogens is 2. The number of carboxylic acids is 1. The highest BCUT2D eigenvalue weighted by Gasteiger charge is 2.69. The Morgan fingerprint density at radius 2 is 2.07 bits per heavy atom. The Morgan fingerprint density at radius 1 is 1.25 bits per heavy atom. The molecule has 11 nitrogen and oxygen atoms in total. The second-order valence-electron chi connectivity index (χ2n) is 12.3. The third-order valence-corrected chi connectivity index (χ3v) is 10.9. The second kappa shape index (κ2) is 10.8. The predicted octanol–water partition coefficient (Wildman–Crippen LogP) is 3.66. The fraction of sp³-hybridized carbons (Fsp3) is 0.500. The number of esters is 1. The number of aromatic nitrogens is 1. The van der Waals surface area contributed by atoms with Gasteiger partial charge in [0.05, 0.1) is 23.6 Å². The molecule has 4 heterocycles. The molecule has 3 aliphatic carbocycles. The molecule has 0 radical (unpaired) electrons. The van der Waals surface area contributed by atoms with Crippen LogP contribution in [0.5, 0.6) is 0 Å². The number of nitrogens with one attached hydrogen (secondary N) is 1. The molecule has 1 aromatic heterocycles. The van der Waals surface area contributed by atoms with E-state index < -0.39 is 29.2 Å². The molecular weight excluding hydrogens is 611 g/mol. The number of amidine groups is 1. The van der Waals surface area contributed by atoms with Gasteiger partial charge in [-0.05, 0) is 44.7 Å². The lowest BCUT2D eigenvalue weighted by Crippen LogP contribution is -2.59. The third-order valence-electron chi connectivity index (χ3n) is 9.76. The van der Waals surface area contributed by atoms with Crippen LogP contribution in [0.4, 0.5) is 9.18 Å². The first kappa shape index (κ1) is 29.2. The summed E-state index contributed by atoms with van der Waals surface area (Å²) in [7, 11) is 0. The maximum absolute atomic E-state index is 14.0. The van der Waals surface area contributed by atoms with E-state index in [0.717, 1.165) is 6.42 Å². The largest absolute Gasteiger partial charge is 0.481 e. The first-order chi connectivity index (χ1) is 21.1. The molecule has 0 spiro atoms. The molecule has 232 valence electrons. The van der Waals surface area contributed by atoms with Crippen molar-refractivity contribution < 1.29 is 28.6 Å². The smallest absolute Gasteiger partial charge is 0.338 e. The minimum Gasteiger partial charge on any atom is -0.481 e. The molecule has 8 rings (SSSR count). The summed E-state index contributed by atoms with van der Waals surface area (Å²) in [4.78, 5) is 54.1. The van der Waals surface area contributed by atoms with Crippen LogP contribution in [-0.2, 0) is 14.3 Å². The molecule has 0 unspecified atom stereocenters. The molecule has 6 aliphatic rings. The van der Waals surface area contributed by atoms with Gasteiger partial charge in [-0.3, -0.25) is 14.7 Å². The van der Waals surface area contributed by atoms with E-state index in [1.807, 2.05) is 15.2 Å². The van der Waals surface area contributed by atoms with Gasteiger partial charge in [0, 0.05) is 66.1 Å². The van der Waals surface area contributed by atoms with Crippen molar-refractivity contribution in [1.82, 2.24) is 25.0 Å². The summed E-state index contributed by atoms with van der Waals surface area (Å²) < 4.78 is 19.5. The van der Waals surface area contributed by atoms with Crippen molar-refractivity contribution >= 4 is 46.7 Å². The lowest BCUT2D eigenvalue weighted by molar-refractivity contribution is -0.157. The third kappa shape index (κ3) is 4.67. The molecule has 2 N–H and O–H groups in total. The molecule has 2 amide bonds. The quantitative estimate of drug-likeness (QED) is 0.418. The van der Waals surface area contributed by atoms with Gasteiger partial charge < -0.3 is 25.0 Å². The number of piperazine rings is 1. The lowest BCUT2D eigenvalue weighted by Gasteiger charge is -2.49. The van der Waals surface area contributed by atoms with E-state index in [1.165, 1.54) is 29.5 Å². The first-order valence-electron chi connectivity index (χ1n) is 14.8. The summed E-state index contributed by atoms with van der Waals surface area (Å²) >= 11 is 7.90. The monoisotopic (exact) mass is 642 g/mol. The molecule has 2 aromatic rings. The van der Waals surface area contributed by atoms with Crippen molar-refractivity contribution in [3.63, 3.8) is 0 Å². The van der Waals surface area contributed by atoms with Gasteiger partial charge in [-0.1, -0.05) is 17.7 Å². The fourth-order valence-corrected chi connectivity index (χ4v) is 8.58. The standard InChI is InChI=1S/C30H32ClFN6O5S/c1-2-43-26(39)22-21(34-24(25-33-7-10-44-25)35-23(22)19-4-3-17(32)11-20(19)31)14-36-8-9-37-18(12-36)13-38(28(37)42)30-6-5-29(15-30,16-30)27(40)41/h3-4,7,10-11,18,23H,2,5-6,8-9,12-16H2,1H3,(H,34,35)(H,40,41)/t18-,23-,29?,30?/m0/s1. The van der Waals surface area contributed by atoms with E-state index in [0.29, 0.717) is 74.1 Å². The molecule has 5 fully saturated rings.